The number of phenols is 1. The van der Waals surface area contributed by atoms with E-state index in [1.807, 2.05) is 38.1 Å². The number of hydrogen-bond donors (Lipinski definition) is 2. The van der Waals surface area contributed by atoms with Crippen LogP contribution in [0.5, 0.6) is 5.75 Å². The maximum absolute atomic E-state index is 12.9. The van der Waals surface area contributed by atoms with Gasteiger partial charge in [0.05, 0.1) is 11.3 Å². The van der Waals surface area contributed by atoms with E-state index in [9.17, 15) is 18.3 Å². The molecule has 0 unspecified atom stereocenters. The molecule has 6 nitrogen and oxygen atoms in total. The summed E-state index contributed by atoms with van der Waals surface area (Å²) in [5.41, 5.74) is 2.43. The Morgan fingerprint density at radius 3 is 2.52 bits per heavy atom. The predicted molar refractivity (Wildman–Crippen MR) is 115 cm³/mol. The van der Waals surface area contributed by atoms with E-state index >= 15 is 0 Å². The van der Waals surface area contributed by atoms with E-state index < -0.39 is 10.0 Å². The molecule has 0 saturated carbocycles. The summed E-state index contributed by atoms with van der Waals surface area (Å²) < 4.78 is 27.2. The van der Waals surface area contributed by atoms with Gasteiger partial charge >= 0.3 is 0 Å². The van der Waals surface area contributed by atoms with Crippen LogP contribution in [0.25, 0.3) is 0 Å². The number of thiophene rings is 1. The van der Waals surface area contributed by atoms with Crippen LogP contribution in [-0.2, 0) is 16.6 Å². The zero-order chi connectivity index (χ0) is 21.0. The van der Waals surface area contributed by atoms with Crippen LogP contribution in [-0.4, -0.2) is 30.9 Å². The van der Waals surface area contributed by atoms with Crippen molar-refractivity contribution < 1.29 is 18.3 Å². The number of rotatable bonds is 7. The van der Waals surface area contributed by atoms with Crippen LogP contribution in [0.3, 0.4) is 0 Å². The van der Waals surface area contributed by atoms with Gasteiger partial charge in [-0.05, 0) is 48.6 Å². The Bertz CT molecular complexity index is 1110. The molecule has 0 fully saturated rings. The van der Waals surface area contributed by atoms with Crippen LogP contribution in [0.15, 0.2) is 64.2 Å². The zero-order valence-corrected chi connectivity index (χ0v) is 17.8. The molecule has 0 spiro atoms. The van der Waals surface area contributed by atoms with Crippen LogP contribution < -0.4 is 4.72 Å². The maximum Gasteiger partial charge on any atom is 0.271 e. The number of carbonyl (C=O) groups excluding carboxylic acids is 1. The smallest absolute Gasteiger partial charge is 0.271 e. The molecule has 0 aliphatic heterocycles. The van der Waals surface area contributed by atoms with Gasteiger partial charge < -0.3 is 10.0 Å². The van der Waals surface area contributed by atoms with Crippen molar-refractivity contribution in [2.45, 2.75) is 24.6 Å². The van der Waals surface area contributed by atoms with Crippen LogP contribution in [0.4, 0.5) is 5.69 Å². The molecule has 2 aromatic carbocycles. The number of nitrogens with zero attached hydrogens (tertiary/aromatic N) is 1. The Kier molecular flexibility index (Phi) is 6.24. The lowest BCUT2D eigenvalue weighted by Gasteiger charge is -2.22. The average molecular weight is 431 g/mol. The van der Waals surface area contributed by atoms with Crippen LogP contribution >= 0.6 is 11.3 Å². The fraction of sp³-hybridized carbons (Fsp3) is 0.190. The highest BCUT2D eigenvalue weighted by Crippen LogP contribution is 2.27. The number of aromatic hydroxyl groups is 1. The summed E-state index contributed by atoms with van der Waals surface area (Å²) in [6, 6.07) is 15.1. The molecule has 0 aliphatic rings. The number of nitrogens with one attached hydrogen (secondary N) is 1. The molecule has 152 valence electrons. The lowest BCUT2D eigenvalue weighted by atomic mass is 10.1. The molecule has 0 saturated heterocycles. The van der Waals surface area contributed by atoms with Gasteiger partial charge in [-0.2, -0.15) is 0 Å². The van der Waals surface area contributed by atoms with Gasteiger partial charge in [0.25, 0.3) is 15.9 Å². The molecule has 0 bridgehead atoms. The number of hydrogen-bond acceptors (Lipinski definition) is 5. The summed E-state index contributed by atoms with van der Waals surface area (Å²) in [7, 11) is -3.72. The van der Waals surface area contributed by atoms with Crippen molar-refractivity contribution in [2.75, 3.05) is 11.3 Å². The molecule has 0 radical (unpaired) electrons. The third kappa shape index (κ3) is 4.78. The third-order valence-electron chi connectivity index (χ3n) is 4.53. The van der Waals surface area contributed by atoms with Gasteiger partial charge in [0.1, 0.15) is 9.96 Å². The lowest BCUT2D eigenvalue weighted by Crippen LogP contribution is -2.30. The number of sulfonamides is 1. The molecule has 29 heavy (non-hydrogen) atoms. The highest BCUT2D eigenvalue weighted by Gasteiger charge is 2.21. The van der Waals surface area contributed by atoms with E-state index in [2.05, 4.69) is 4.72 Å². The maximum atomic E-state index is 12.9. The average Bonchev–Trinajstić information content (AvgIpc) is 3.23. The monoisotopic (exact) mass is 430 g/mol. The van der Waals surface area contributed by atoms with E-state index in [1.54, 1.807) is 16.3 Å². The number of benzene rings is 2. The molecule has 1 heterocycles. The second-order valence-electron chi connectivity index (χ2n) is 6.52. The molecular formula is C21H22N2O4S2. The molecule has 0 aliphatic carbocycles. The minimum absolute atomic E-state index is 0.125. The van der Waals surface area contributed by atoms with Crippen molar-refractivity contribution in [3.05, 3.63) is 76.7 Å². The zero-order valence-electron chi connectivity index (χ0n) is 16.1. The van der Waals surface area contributed by atoms with Crippen molar-refractivity contribution in [3.63, 3.8) is 0 Å². The molecule has 1 aromatic heterocycles. The quantitative estimate of drug-likeness (QED) is 0.587. The largest absolute Gasteiger partial charge is 0.507 e. The third-order valence-corrected chi connectivity index (χ3v) is 7.31. The predicted octanol–water partition coefficient (Wildman–Crippen LogP) is 4.23. The van der Waals surface area contributed by atoms with Crippen molar-refractivity contribution in [1.82, 2.24) is 4.90 Å². The molecule has 0 atom stereocenters. The second-order valence-corrected chi connectivity index (χ2v) is 9.37. The Hall–Kier alpha value is -2.84. The van der Waals surface area contributed by atoms with Gasteiger partial charge in [-0.15, -0.1) is 11.3 Å². The van der Waals surface area contributed by atoms with Crippen LogP contribution in [0.2, 0.25) is 0 Å². The van der Waals surface area contributed by atoms with Crippen molar-refractivity contribution in [3.8, 4) is 5.75 Å². The summed E-state index contributed by atoms with van der Waals surface area (Å²) >= 11 is 1.10. The van der Waals surface area contributed by atoms with E-state index in [-0.39, 0.29) is 27.1 Å². The number of carbonyl (C=O) groups is 1. The number of phenolic OH excluding ortho intramolecular Hbond substituents is 1. The van der Waals surface area contributed by atoms with Crippen molar-refractivity contribution in [2.24, 2.45) is 0 Å². The van der Waals surface area contributed by atoms with Crippen LogP contribution in [0.1, 0.15) is 28.4 Å². The fourth-order valence-electron chi connectivity index (χ4n) is 2.89. The molecule has 3 rings (SSSR count). The van der Waals surface area contributed by atoms with Crippen LogP contribution in [0, 0.1) is 6.92 Å². The first kappa shape index (κ1) is 20.9. The van der Waals surface area contributed by atoms with Crippen molar-refractivity contribution >= 4 is 33.0 Å². The van der Waals surface area contributed by atoms with Gasteiger partial charge in [0, 0.05) is 19.2 Å². The van der Waals surface area contributed by atoms with Crippen molar-refractivity contribution in [1.29, 1.82) is 0 Å². The Labute approximate surface area is 174 Å². The van der Waals surface area contributed by atoms with Gasteiger partial charge in [0.2, 0.25) is 0 Å². The molecule has 3 aromatic rings. The minimum Gasteiger partial charge on any atom is -0.507 e. The second kappa shape index (κ2) is 8.67. The lowest BCUT2D eigenvalue weighted by molar-refractivity contribution is 0.0749. The number of amides is 1. The summed E-state index contributed by atoms with van der Waals surface area (Å²) in [5.74, 6) is -0.592. The highest BCUT2D eigenvalue weighted by atomic mass is 32.2. The molecule has 1 amide bonds. The SMILES string of the molecule is CCN(Cc1ccccc1C)C(=O)c1ccc(NS(=O)(=O)c2cccs2)cc1O. The first-order chi connectivity index (χ1) is 13.8. The summed E-state index contributed by atoms with van der Waals surface area (Å²) in [4.78, 5) is 14.6. The molecule has 2 N–H and O–H groups in total. The molecule has 8 heteroatoms. The van der Waals surface area contributed by atoms with Gasteiger partial charge in [-0.1, -0.05) is 30.3 Å². The standard InChI is InChI=1S/C21H22N2O4S2/c1-3-23(14-16-8-5-4-7-15(16)2)21(25)18-11-10-17(13-19(18)24)22-29(26,27)20-9-6-12-28-20/h4-13,22,24H,3,14H2,1-2H3. The number of anilines is 1. The van der Waals surface area contributed by atoms with E-state index in [1.165, 1.54) is 24.3 Å². The van der Waals surface area contributed by atoms with Gasteiger partial charge in [0.15, 0.2) is 0 Å². The topological polar surface area (TPSA) is 86.7 Å². The Balaban J connectivity index is 1.80. The van der Waals surface area contributed by atoms with Gasteiger partial charge in [-0.3, -0.25) is 9.52 Å². The van der Waals surface area contributed by atoms with E-state index in [0.29, 0.717) is 13.1 Å². The number of aryl methyl sites for hydroxylation is 1. The minimum atomic E-state index is -3.72. The Morgan fingerprint density at radius 2 is 1.90 bits per heavy atom. The summed E-state index contributed by atoms with van der Waals surface area (Å²) in [6.07, 6.45) is 0. The van der Waals surface area contributed by atoms with Gasteiger partial charge in [-0.25, -0.2) is 8.42 Å². The highest BCUT2D eigenvalue weighted by molar-refractivity contribution is 7.94. The summed E-state index contributed by atoms with van der Waals surface area (Å²) in [6.45, 7) is 4.75. The summed E-state index contributed by atoms with van der Waals surface area (Å²) in [5, 5.41) is 12.0. The fourth-order valence-corrected chi connectivity index (χ4v) is 4.93. The molecular weight excluding hydrogens is 408 g/mol. The first-order valence-corrected chi connectivity index (χ1v) is 11.4. The van der Waals surface area contributed by atoms with E-state index in [4.69, 9.17) is 0 Å². The first-order valence-electron chi connectivity index (χ1n) is 9.05. The normalized spacial score (nSPS) is 11.2. The Morgan fingerprint density at radius 1 is 1.14 bits per heavy atom. The van der Waals surface area contributed by atoms with E-state index in [0.717, 1.165) is 22.5 Å².